The van der Waals surface area contributed by atoms with Gasteiger partial charge in [0.05, 0.1) is 17.8 Å². The average Bonchev–Trinajstić information content (AvgIpc) is 3.51. The van der Waals surface area contributed by atoms with Crippen molar-refractivity contribution in [2.45, 2.75) is 71.8 Å². The number of hydrogen-bond acceptors (Lipinski definition) is 7. The van der Waals surface area contributed by atoms with E-state index in [1.807, 2.05) is 28.8 Å². The van der Waals surface area contributed by atoms with Crippen molar-refractivity contribution < 1.29 is 4.79 Å². The van der Waals surface area contributed by atoms with Gasteiger partial charge < -0.3 is 15.2 Å². The molecule has 0 bridgehead atoms. The number of anilines is 2. The van der Waals surface area contributed by atoms with E-state index in [-0.39, 0.29) is 5.91 Å². The molecule has 2 N–H and O–H groups in total. The molecule has 3 aromatic heterocycles. The minimum absolute atomic E-state index is 0.0671. The fraction of sp³-hybridized carbons (Fsp3) is 0.458. The molecule has 9 nitrogen and oxygen atoms in total. The van der Waals surface area contributed by atoms with Gasteiger partial charge >= 0.3 is 0 Å². The molecule has 1 fully saturated rings. The molecule has 172 valence electrons. The van der Waals surface area contributed by atoms with Crippen LogP contribution in [0, 0.1) is 0 Å². The first-order valence-corrected chi connectivity index (χ1v) is 11.7. The molecular formula is C24H30N8O. The van der Waals surface area contributed by atoms with Crippen LogP contribution in [0.15, 0.2) is 30.6 Å². The summed E-state index contributed by atoms with van der Waals surface area (Å²) in [7, 11) is 0. The summed E-state index contributed by atoms with van der Waals surface area (Å²) in [5.74, 6) is 2.07. The van der Waals surface area contributed by atoms with Crippen LogP contribution in [-0.4, -0.2) is 42.7 Å². The molecule has 0 radical (unpaired) electrons. The number of aryl methyl sites for hydroxylation is 1. The summed E-state index contributed by atoms with van der Waals surface area (Å²) in [5.41, 5.74) is 9.12. The lowest BCUT2D eigenvalue weighted by molar-refractivity contribution is 0.0996. The second-order valence-electron chi connectivity index (χ2n) is 8.96. The zero-order valence-corrected chi connectivity index (χ0v) is 19.4. The van der Waals surface area contributed by atoms with Crippen LogP contribution in [0.25, 0.3) is 11.5 Å². The Morgan fingerprint density at radius 1 is 1.12 bits per heavy atom. The van der Waals surface area contributed by atoms with E-state index >= 15 is 0 Å². The molecule has 0 spiro atoms. The molecule has 1 saturated heterocycles. The smallest absolute Gasteiger partial charge is 0.260 e. The Hall–Kier alpha value is -3.33. The molecule has 0 aliphatic carbocycles. The third-order valence-corrected chi connectivity index (χ3v) is 6.72. The second-order valence-corrected chi connectivity index (χ2v) is 8.96. The Bertz CT molecular complexity index is 1180. The summed E-state index contributed by atoms with van der Waals surface area (Å²) < 4.78 is 1.98. The summed E-state index contributed by atoms with van der Waals surface area (Å²) in [5, 5.41) is 8.28. The van der Waals surface area contributed by atoms with Crippen molar-refractivity contribution >= 4 is 17.5 Å². The van der Waals surface area contributed by atoms with Crippen molar-refractivity contribution in [2.75, 3.05) is 9.80 Å². The fourth-order valence-electron chi connectivity index (χ4n) is 5.04. The molecule has 0 unspecified atom stereocenters. The van der Waals surface area contributed by atoms with Crippen molar-refractivity contribution in [3.63, 3.8) is 0 Å². The van der Waals surface area contributed by atoms with E-state index in [0.717, 1.165) is 42.9 Å². The molecule has 9 heteroatoms. The maximum Gasteiger partial charge on any atom is 0.260 e. The first-order chi connectivity index (χ1) is 16.0. The number of hydrogen-bond donors (Lipinski definition) is 1. The Kier molecular flexibility index (Phi) is 5.57. The number of nitrogens with zero attached hydrogens (tertiary/aromatic N) is 7. The highest BCUT2D eigenvalue weighted by molar-refractivity contribution is 6.10. The molecule has 33 heavy (non-hydrogen) atoms. The molecule has 0 saturated carbocycles. The first-order valence-electron chi connectivity index (χ1n) is 11.7. The van der Waals surface area contributed by atoms with Gasteiger partial charge in [-0.2, -0.15) is 0 Å². The van der Waals surface area contributed by atoms with Crippen LogP contribution in [-0.2, 0) is 19.6 Å². The van der Waals surface area contributed by atoms with Crippen molar-refractivity contribution in [2.24, 2.45) is 5.73 Å². The highest BCUT2D eigenvalue weighted by Gasteiger charge is 2.35. The summed E-state index contributed by atoms with van der Waals surface area (Å²) in [6.07, 6.45) is 4.93. The normalized spacial score (nSPS) is 20.1. The standard InChI is InChI=1S/C24H30N8O/c1-4-10-30-14-26-29-23(30)19-6-5-7-21(27-19)31-13-18-17(24(31)33)11-22(28-20(18)12-25)32-15(2)8-9-16(32)3/h5-7,11,14-16H,4,8-10,12-13,25H2,1-3H3/t15-,16-/m1/s1. The second kappa shape index (κ2) is 8.55. The van der Waals surface area contributed by atoms with E-state index in [1.54, 1.807) is 11.2 Å². The van der Waals surface area contributed by atoms with Crippen molar-refractivity contribution in [3.05, 3.63) is 47.4 Å². The molecular weight excluding hydrogens is 416 g/mol. The van der Waals surface area contributed by atoms with Crippen LogP contribution in [0.2, 0.25) is 0 Å². The van der Waals surface area contributed by atoms with Crippen molar-refractivity contribution in [3.8, 4) is 11.5 Å². The van der Waals surface area contributed by atoms with Gasteiger partial charge in [-0.1, -0.05) is 13.0 Å². The number of fused-ring (bicyclic) bond motifs is 1. The van der Waals surface area contributed by atoms with Crippen LogP contribution >= 0.6 is 0 Å². The number of rotatable bonds is 6. The van der Waals surface area contributed by atoms with Gasteiger partial charge in [0.25, 0.3) is 5.91 Å². The van der Waals surface area contributed by atoms with Crippen LogP contribution in [0.1, 0.15) is 61.6 Å². The predicted molar refractivity (Wildman–Crippen MR) is 127 cm³/mol. The molecule has 2 aliphatic rings. The van der Waals surface area contributed by atoms with E-state index in [2.05, 4.69) is 35.9 Å². The fourth-order valence-corrected chi connectivity index (χ4v) is 5.04. The van der Waals surface area contributed by atoms with Gasteiger partial charge in [-0.05, 0) is 51.3 Å². The number of aromatic nitrogens is 5. The minimum Gasteiger partial charge on any atom is -0.351 e. The topological polar surface area (TPSA) is 106 Å². The van der Waals surface area contributed by atoms with E-state index in [0.29, 0.717) is 48.1 Å². The van der Waals surface area contributed by atoms with E-state index in [1.165, 1.54) is 0 Å². The van der Waals surface area contributed by atoms with Gasteiger partial charge in [0, 0.05) is 30.7 Å². The van der Waals surface area contributed by atoms with E-state index in [4.69, 9.17) is 15.7 Å². The largest absolute Gasteiger partial charge is 0.351 e. The Balaban J connectivity index is 1.50. The maximum atomic E-state index is 13.5. The van der Waals surface area contributed by atoms with Gasteiger partial charge in [0.15, 0.2) is 5.82 Å². The molecule has 1 amide bonds. The summed E-state index contributed by atoms with van der Waals surface area (Å²) in [6, 6.07) is 8.38. The third kappa shape index (κ3) is 3.66. The minimum atomic E-state index is -0.0671. The van der Waals surface area contributed by atoms with E-state index < -0.39 is 0 Å². The molecule has 2 aliphatic heterocycles. The molecule has 3 aromatic rings. The van der Waals surface area contributed by atoms with Crippen molar-refractivity contribution in [1.82, 2.24) is 24.7 Å². The summed E-state index contributed by atoms with van der Waals surface area (Å²) in [6.45, 7) is 8.04. The van der Waals surface area contributed by atoms with Gasteiger partial charge in [0.1, 0.15) is 23.7 Å². The number of amides is 1. The number of carbonyl (C=O) groups excluding carboxylic acids is 1. The van der Waals surface area contributed by atoms with Gasteiger partial charge in [0.2, 0.25) is 0 Å². The monoisotopic (exact) mass is 446 g/mol. The van der Waals surface area contributed by atoms with E-state index in [9.17, 15) is 4.79 Å². The average molecular weight is 447 g/mol. The van der Waals surface area contributed by atoms with Gasteiger partial charge in [-0.3, -0.25) is 9.69 Å². The summed E-state index contributed by atoms with van der Waals surface area (Å²) >= 11 is 0. The highest BCUT2D eigenvalue weighted by atomic mass is 16.2. The third-order valence-electron chi connectivity index (χ3n) is 6.72. The lowest BCUT2D eigenvalue weighted by Gasteiger charge is -2.28. The lowest BCUT2D eigenvalue weighted by atomic mass is 10.1. The zero-order chi connectivity index (χ0) is 23.1. The van der Waals surface area contributed by atoms with Crippen LogP contribution < -0.4 is 15.5 Å². The Morgan fingerprint density at radius 2 is 1.91 bits per heavy atom. The van der Waals surface area contributed by atoms with Crippen LogP contribution in [0.5, 0.6) is 0 Å². The Morgan fingerprint density at radius 3 is 2.64 bits per heavy atom. The molecule has 5 rings (SSSR count). The van der Waals surface area contributed by atoms with Gasteiger partial charge in [-0.15, -0.1) is 10.2 Å². The Labute approximate surface area is 193 Å². The number of carbonyl (C=O) groups is 1. The highest BCUT2D eigenvalue weighted by Crippen LogP contribution is 2.35. The lowest BCUT2D eigenvalue weighted by Crippen LogP contribution is -2.33. The van der Waals surface area contributed by atoms with Crippen LogP contribution in [0.3, 0.4) is 0 Å². The van der Waals surface area contributed by atoms with Crippen LogP contribution in [0.4, 0.5) is 11.6 Å². The SMILES string of the molecule is CCCn1cnnc1-c1cccc(N2Cc3c(cc(N4[C@H](C)CC[C@H]4C)nc3CN)C2=O)n1. The summed E-state index contributed by atoms with van der Waals surface area (Å²) in [4.78, 5) is 27.2. The van der Waals surface area contributed by atoms with Gasteiger partial charge in [-0.25, -0.2) is 9.97 Å². The number of pyridine rings is 2. The quantitative estimate of drug-likeness (QED) is 0.620. The maximum absolute atomic E-state index is 13.5. The predicted octanol–water partition coefficient (Wildman–Crippen LogP) is 3.14. The molecule has 0 aromatic carbocycles. The molecule has 2 atom stereocenters. The molecule has 5 heterocycles. The first kappa shape index (κ1) is 21.5. The zero-order valence-electron chi connectivity index (χ0n) is 19.4. The number of nitrogens with two attached hydrogens (primary N) is 1. The van der Waals surface area contributed by atoms with Crippen molar-refractivity contribution in [1.29, 1.82) is 0 Å².